The largest absolute Gasteiger partial charge is 0.368 e. The Kier molecular flexibility index (Phi) is 4.19. The molecule has 0 radical (unpaired) electrons. The van der Waals surface area contributed by atoms with Crippen molar-refractivity contribution in [1.29, 1.82) is 0 Å². The van der Waals surface area contributed by atoms with Gasteiger partial charge < -0.3 is 5.32 Å². The summed E-state index contributed by atoms with van der Waals surface area (Å²) in [6.07, 6.45) is 1.59. The van der Waals surface area contributed by atoms with Crippen LogP contribution in [0.5, 0.6) is 0 Å². The smallest absolute Gasteiger partial charge is 0.213 e. The van der Waals surface area contributed by atoms with E-state index < -0.39 is 10.0 Å². The quantitative estimate of drug-likeness (QED) is 0.765. The van der Waals surface area contributed by atoms with E-state index in [1.165, 1.54) is 7.05 Å². The third-order valence-electron chi connectivity index (χ3n) is 2.18. The molecule has 90 valence electrons. The van der Waals surface area contributed by atoms with Crippen molar-refractivity contribution < 1.29 is 8.42 Å². The maximum atomic E-state index is 11.1. The number of anilines is 1. The molecule has 7 heteroatoms. The van der Waals surface area contributed by atoms with Crippen molar-refractivity contribution in [3.05, 3.63) is 17.6 Å². The molecule has 0 aliphatic rings. The van der Waals surface area contributed by atoms with E-state index in [0.29, 0.717) is 12.4 Å². The Balaban J connectivity index is 2.53. The van der Waals surface area contributed by atoms with Gasteiger partial charge in [-0.1, -0.05) is 0 Å². The van der Waals surface area contributed by atoms with Gasteiger partial charge in [-0.3, -0.25) is 4.98 Å². The first-order valence-electron chi connectivity index (χ1n) is 4.90. The van der Waals surface area contributed by atoms with Crippen molar-refractivity contribution >= 4 is 15.8 Å². The Bertz CT molecular complexity index is 459. The van der Waals surface area contributed by atoms with Gasteiger partial charge >= 0.3 is 0 Å². The lowest BCUT2D eigenvalue weighted by Gasteiger charge is -2.07. The molecule has 0 aliphatic carbocycles. The predicted molar refractivity (Wildman–Crippen MR) is 62.8 cm³/mol. The number of aromatic nitrogens is 2. The molecule has 6 nitrogen and oxygen atoms in total. The first kappa shape index (κ1) is 12.9. The van der Waals surface area contributed by atoms with E-state index in [9.17, 15) is 8.42 Å². The maximum Gasteiger partial charge on any atom is 0.213 e. The van der Waals surface area contributed by atoms with Gasteiger partial charge in [0.1, 0.15) is 5.82 Å². The molecule has 16 heavy (non-hydrogen) atoms. The van der Waals surface area contributed by atoms with Crippen LogP contribution in [0.2, 0.25) is 0 Å². The number of nitrogens with zero attached hydrogens (tertiary/aromatic N) is 2. The van der Waals surface area contributed by atoms with Crippen molar-refractivity contribution in [2.24, 2.45) is 0 Å². The molecule has 0 aliphatic heterocycles. The normalized spacial score (nSPS) is 11.4. The van der Waals surface area contributed by atoms with Crippen molar-refractivity contribution in [3.63, 3.8) is 0 Å². The van der Waals surface area contributed by atoms with Crippen molar-refractivity contribution in [1.82, 2.24) is 14.7 Å². The molecular weight excluding hydrogens is 228 g/mol. The van der Waals surface area contributed by atoms with Gasteiger partial charge in [-0.2, -0.15) is 0 Å². The highest BCUT2D eigenvalue weighted by atomic mass is 32.2. The number of hydrogen-bond acceptors (Lipinski definition) is 5. The molecule has 0 amide bonds. The zero-order valence-corrected chi connectivity index (χ0v) is 10.4. The highest BCUT2D eigenvalue weighted by Gasteiger charge is 2.06. The van der Waals surface area contributed by atoms with Gasteiger partial charge in [0.2, 0.25) is 10.0 Å². The second-order valence-electron chi connectivity index (χ2n) is 3.38. The van der Waals surface area contributed by atoms with E-state index >= 15 is 0 Å². The number of sulfonamides is 1. The number of nitrogens with one attached hydrogen (secondary N) is 2. The summed E-state index contributed by atoms with van der Waals surface area (Å²) in [6, 6.07) is 0. The summed E-state index contributed by atoms with van der Waals surface area (Å²) in [5.74, 6) is 0.604. The summed E-state index contributed by atoms with van der Waals surface area (Å²) in [7, 11) is -1.77. The van der Waals surface area contributed by atoms with Crippen LogP contribution in [0.25, 0.3) is 0 Å². The average Bonchev–Trinajstić information content (AvgIpc) is 2.23. The minimum atomic E-state index is -3.17. The molecule has 1 aromatic heterocycles. The van der Waals surface area contributed by atoms with Gasteiger partial charge in [0.15, 0.2) is 0 Å². The summed E-state index contributed by atoms with van der Waals surface area (Å²) in [6.45, 7) is 4.04. The van der Waals surface area contributed by atoms with Crippen LogP contribution in [-0.2, 0) is 10.0 Å². The molecule has 1 heterocycles. The van der Waals surface area contributed by atoms with Crippen molar-refractivity contribution in [2.75, 3.05) is 24.7 Å². The Morgan fingerprint density at radius 2 is 2.00 bits per heavy atom. The lowest BCUT2D eigenvalue weighted by atomic mass is 10.3. The fourth-order valence-corrected chi connectivity index (χ4v) is 1.62. The van der Waals surface area contributed by atoms with Crippen LogP contribution in [0.1, 0.15) is 11.4 Å². The minimum absolute atomic E-state index is 0.0120. The fourth-order valence-electron chi connectivity index (χ4n) is 1.04. The van der Waals surface area contributed by atoms with E-state index in [1.54, 1.807) is 6.20 Å². The number of hydrogen-bond donors (Lipinski definition) is 2. The molecule has 0 bridgehead atoms. The molecule has 0 unspecified atom stereocenters. The number of rotatable bonds is 5. The molecule has 0 fully saturated rings. The first-order chi connectivity index (χ1) is 7.44. The van der Waals surface area contributed by atoms with Crippen LogP contribution < -0.4 is 10.0 Å². The van der Waals surface area contributed by atoms with Gasteiger partial charge in [0.25, 0.3) is 0 Å². The Morgan fingerprint density at radius 3 is 2.56 bits per heavy atom. The Hall–Kier alpha value is -1.21. The lowest BCUT2D eigenvalue weighted by molar-refractivity contribution is 0.588. The zero-order valence-electron chi connectivity index (χ0n) is 9.61. The van der Waals surface area contributed by atoms with Gasteiger partial charge in [0.05, 0.1) is 23.3 Å². The van der Waals surface area contributed by atoms with E-state index in [1.807, 2.05) is 13.8 Å². The van der Waals surface area contributed by atoms with Gasteiger partial charge in [-0.15, -0.1) is 0 Å². The zero-order chi connectivity index (χ0) is 12.2. The standard InChI is InChI=1S/C9H16N4O2S/c1-7-8(2)13-9(6-12-7)11-4-5-16(14,15)10-3/h6,10H,4-5H2,1-3H3,(H,11,13). The van der Waals surface area contributed by atoms with Crippen LogP contribution in [0.4, 0.5) is 5.82 Å². The summed E-state index contributed by atoms with van der Waals surface area (Å²) in [5, 5.41) is 2.91. The lowest BCUT2D eigenvalue weighted by Crippen LogP contribution is -2.26. The van der Waals surface area contributed by atoms with Crippen LogP contribution in [-0.4, -0.2) is 37.7 Å². The van der Waals surface area contributed by atoms with Crippen molar-refractivity contribution in [3.8, 4) is 0 Å². The van der Waals surface area contributed by atoms with E-state index in [0.717, 1.165) is 11.4 Å². The molecule has 0 saturated heterocycles. The van der Waals surface area contributed by atoms with Crippen LogP contribution in [0.3, 0.4) is 0 Å². The Labute approximate surface area is 95.6 Å². The molecule has 0 saturated carbocycles. The number of aryl methyl sites for hydroxylation is 2. The molecule has 0 spiro atoms. The highest BCUT2D eigenvalue weighted by Crippen LogP contribution is 2.04. The van der Waals surface area contributed by atoms with Crippen LogP contribution in [0.15, 0.2) is 6.20 Å². The second-order valence-corrected chi connectivity index (χ2v) is 5.42. The molecular formula is C9H16N4O2S. The predicted octanol–water partition coefficient (Wildman–Crippen LogP) is 0.0545. The monoisotopic (exact) mass is 244 g/mol. The fraction of sp³-hybridized carbons (Fsp3) is 0.556. The van der Waals surface area contributed by atoms with Crippen LogP contribution in [0, 0.1) is 13.8 Å². The van der Waals surface area contributed by atoms with Gasteiger partial charge in [-0.05, 0) is 20.9 Å². The maximum absolute atomic E-state index is 11.1. The van der Waals surface area contributed by atoms with E-state index in [2.05, 4.69) is 20.0 Å². The van der Waals surface area contributed by atoms with Gasteiger partial charge in [-0.25, -0.2) is 18.1 Å². The third kappa shape index (κ3) is 3.74. The van der Waals surface area contributed by atoms with Crippen molar-refractivity contribution in [2.45, 2.75) is 13.8 Å². The molecule has 0 atom stereocenters. The Morgan fingerprint density at radius 1 is 1.31 bits per heavy atom. The summed E-state index contributed by atoms with van der Waals surface area (Å²) in [4.78, 5) is 8.35. The summed E-state index contributed by atoms with van der Waals surface area (Å²) < 4.78 is 24.5. The molecule has 1 aromatic rings. The van der Waals surface area contributed by atoms with Gasteiger partial charge in [0, 0.05) is 6.54 Å². The average molecular weight is 244 g/mol. The van der Waals surface area contributed by atoms with E-state index in [-0.39, 0.29) is 5.75 Å². The molecule has 1 rings (SSSR count). The summed E-state index contributed by atoms with van der Waals surface area (Å²) in [5.41, 5.74) is 1.70. The third-order valence-corrected chi connectivity index (χ3v) is 3.54. The van der Waals surface area contributed by atoms with E-state index in [4.69, 9.17) is 0 Å². The first-order valence-corrected chi connectivity index (χ1v) is 6.55. The molecule has 0 aromatic carbocycles. The second kappa shape index (κ2) is 5.22. The highest BCUT2D eigenvalue weighted by molar-refractivity contribution is 7.89. The molecule has 2 N–H and O–H groups in total. The minimum Gasteiger partial charge on any atom is -0.368 e. The van der Waals surface area contributed by atoms with Crippen LogP contribution >= 0.6 is 0 Å². The SMILES string of the molecule is CNS(=O)(=O)CCNc1cnc(C)c(C)n1. The topological polar surface area (TPSA) is 84.0 Å². The summed E-state index contributed by atoms with van der Waals surface area (Å²) >= 11 is 0.